The van der Waals surface area contributed by atoms with Crippen LogP contribution < -0.4 is 15.4 Å². The number of ether oxygens (including phenoxy) is 3. The van der Waals surface area contributed by atoms with Crippen molar-refractivity contribution in [1.29, 1.82) is 0 Å². The Balaban J connectivity index is 0.00000341. The Morgan fingerprint density at radius 1 is 1.16 bits per heavy atom. The molecule has 0 amide bonds. The van der Waals surface area contributed by atoms with Gasteiger partial charge in [-0.3, -0.25) is 9.89 Å². The highest BCUT2D eigenvalue weighted by Crippen LogP contribution is 2.43. The first-order valence-corrected chi connectivity index (χ1v) is 11.1. The number of halogens is 1. The number of morpholine rings is 1. The maximum atomic E-state index is 5.57. The van der Waals surface area contributed by atoms with Crippen molar-refractivity contribution < 1.29 is 14.2 Å². The number of aliphatic imine (C=N–C) groups is 1. The first kappa shape index (κ1) is 26.2. The van der Waals surface area contributed by atoms with Gasteiger partial charge in [-0.2, -0.15) is 0 Å². The molecule has 2 N–H and O–H groups in total. The number of nitrogens with zero attached hydrogens (tertiary/aromatic N) is 2. The molecule has 3 rings (SSSR count). The summed E-state index contributed by atoms with van der Waals surface area (Å²) in [6, 6.07) is 8.64. The molecule has 176 valence electrons. The Labute approximate surface area is 204 Å². The molecular formula is C23H39IN4O3. The molecule has 2 fully saturated rings. The predicted octanol–water partition coefficient (Wildman–Crippen LogP) is 3.06. The van der Waals surface area contributed by atoms with Crippen molar-refractivity contribution in [3.8, 4) is 5.75 Å². The number of nitrogens with one attached hydrogen (secondary N) is 2. The van der Waals surface area contributed by atoms with Crippen LogP contribution in [0.25, 0.3) is 0 Å². The standard InChI is InChI=1S/C23H38N4O3.HI/c1-24-22(26-18-23(9-4-10-23)11-14-28-2)25-17-21(27-12-15-30-16-13-27)19-5-7-20(29-3)8-6-19;/h5-8,21H,4,9-18H2,1-3H3,(H2,24,25,26);1H. The van der Waals surface area contributed by atoms with E-state index < -0.39 is 0 Å². The van der Waals surface area contributed by atoms with Gasteiger partial charge < -0.3 is 24.8 Å². The molecule has 7 nitrogen and oxygen atoms in total. The van der Waals surface area contributed by atoms with E-state index in [1.54, 1.807) is 14.2 Å². The first-order chi connectivity index (χ1) is 14.7. The highest BCUT2D eigenvalue weighted by Gasteiger charge is 2.36. The number of guanidine groups is 1. The van der Waals surface area contributed by atoms with Crippen LogP contribution in [0.5, 0.6) is 5.75 Å². The van der Waals surface area contributed by atoms with Crippen molar-refractivity contribution in [1.82, 2.24) is 15.5 Å². The second kappa shape index (κ2) is 13.4. The number of benzene rings is 1. The minimum Gasteiger partial charge on any atom is -0.497 e. The van der Waals surface area contributed by atoms with Gasteiger partial charge in [-0.25, -0.2) is 0 Å². The third-order valence-electron chi connectivity index (χ3n) is 6.56. The lowest BCUT2D eigenvalue weighted by atomic mass is 9.67. The van der Waals surface area contributed by atoms with Crippen molar-refractivity contribution in [3.05, 3.63) is 29.8 Å². The van der Waals surface area contributed by atoms with Crippen LogP contribution >= 0.6 is 24.0 Å². The number of rotatable bonds is 10. The highest BCUT2D eigenvalue weighted by atomic mass is 127. The smallest absolute Gasteiger partial charge is 0.191 e. The lowest BCUT2D eigenvalue weighted by Gasteiger charge is -2.42. The van der Waals surface area contributed by atoms with Crippen molar-refractivity contribution >= 4 is 29.9 Å². The minimum absolute atomic E-state index is 0. The molecule has 1 aromatic rings. The normalized spacial score (nSPS) is 19.6. The van der Waals surface area contributed by atoms with Crippen LogP contribution in [-0.4, -0.2) is 78.1 Å². The van der Waals surface area contributed by atoms with Crippen LogP contribution in [0.4, 0.5) is 0 Å². The third-order valence-corrected chi connectivity index (χ3v) is 6.56. The molecule has 0 radical (unpaired) electrons. The first-order valence-electron chi connectivity index (χ1n) is 11.1. The Morgan fingerprint density at radius 3 is 2.42 bits per heavy atom. The lowest BCUT2D eigenvalue weighted by Crippen LogP contribution is -2.49. The zero-order valence-corrected chi connectivity index (χ0v) is 21.5. The molecule has 0 aromatic heterocycles. The molecule has 1 aromatic carbocycles. The number of methoxy groups -OCH3 is 2. The average Bonchev–Trinajstić information content (AvgIpc) is 2.78. The minimum atomic E-state index is 0. The Kier molecular flexibility index (Phi) is 11.3. The zero-order valence-electron chi connectivity index (χ0n) is 19.2. The van der Waals surface area contributed by atoms with Gasteiger partial charge in [-0.1, -0.05) is 18.6 Å². The molecule has 0 bridgehead atoms. The summed E-state index contributed by atoms with van der Waals surface area (Å²) >= 11 is 0. The Hall–Kier alpha value is -1.10. The van der Waals surface area contributed by atoms with Crippen LogP contribution in [0.1, 0.15) is 37.3 Å². The number of hydrogen-bond donors (Lipinski definition) is 2. The van der Waals surface area contributed by atoms with Gasteiger partial charge in [0.15, 0.2) is 5.96 Å². The van der Waals surface area contributed by atoms with Gasteiger partial charge >= 0.3 is 0 Å². The summed E-state index contributed by atoms with van der Waals surface area (Å²) in [5.41, 5.74) is 1.63. The van der Waals surface area contributed by atoms with Gasteiger partial charge in [0.1, 0.15) is 5.75 Å². The van der Waals surface area contributed by atoms with Crippen LogP contribution in [0, 0.1) is 5.41 Å². The van der Waals surface area contributed by atoms with E-state index >= 15 is 0 Å². The molecule has 1 saturated heterocycles. The van der Waals surface area contributed by atoms with E-state index in [2.05, 4.69) is 32.7 Å². The van der Waals surface area contributed by atoms with Crippen LogP contribution in [0.2, 0.25) is 0 Å². The van der Waals surface area contributed by atoms with Crippen LogP contribution in [0.3, 0.4) is 0 Å². The molecule has 1 saturated carbocycles. The molecule has 1 atom stereocenters. The molecule has 1 unspecified atom stereocenters. The Morgan fingerprint density at radius 2 is 1.87 bits per heavy atom. The molecule has 1 aliphatic heterocycles. The topological polar surface area (TPSA) is 67.4 Å². The number of hydrogen-bond acceptors (Lipinski definition) is 5. The van der Waals surface area contributed by atoms with E-state index in [0.29, 0.717) is 5.41 Å². The van der Waals surface area contributed by atoms with Gasteiger partial charge in [0.05, 0.1) is 26.4 Å². The van der Waals surface area contributed by atoms with Crippen molar-refractivity contribution in [3.63, 3.8) is 0 Å². The Bertz CT molecular complexity index is 661. The summed E-state index contributed by atoms with van der Waals surface area (Å²) in [6.45, 7) is 5.99. The average molecular weight is 546 g/mol. The van der Waals surface area contributed by atoms with Crippen LogP contribution in [0.15, 0.2) is 29.3 Å². The van der Waals surface area contributed by atoms with E-state index in [1.807, 2.05) is 19.2 Å². The summed E-state index contributed by atoms with van der Waals surface area (Å²) < 4.78 is 16.2. The van der Waals surface area contributed by atoms with Gasteiger partial charge in [0.25, 0.3) is 0 Å². The van der Waals surface area contributed by atoms with Crippen molar-refractivity contribution in [2.45, 2.75) is 31.7 Å². The molecule has 2 aliphatic rings. The molecule has 8 heteroatoms. The predicted molar refractivity (Wildman–Crippen MR) is 136 cm³/mol. The fourth-order valence-electron chi connectivity index (χ4n) is 4.37. The third kappa shape index (κ3) is 7.47. The van der Waals surface area contributed by atoms with E-state index in [4.69, 9.17) is 14.2 Å². The quantitative estimate of drug-likeness (QED) is 0.267. The van der Waals surface area contributed by atoms with Crippen molar-refractivity contribution in [2.24, 2.45) is 10.4 Å². The zero-order chi connectivity index (χ0) is 21.2. The second-order valence-corrected chi connectivity index (χ2v) is 8.34. The van der Waals surface area contributed by atoms with E-state index in [-0.39, 0.29) is 30.0 Å². The molecule has 1 heterocycles. The monoisotopic (exact) mass is 546 g/mol. The van der Waals surface area contributed by atoms with Crippen molar-refractivity contribution in [2.75, 3.05) is 67.3 Å². The van der Waals surface area contributed by atoms with Crippen LogP contribution in [-0.2, 0) is 9.47 Å². The summed E-state index contributed by atoms with van der Waals surface area (Å²) in [5.74, 6) is 1.75. The highest BCUT2D eigenvalue weighted by molar-refractivity contribution is 14.0. The van der Waals surface area contributed by atoms with Gasteiger partial charge in [0.2, 0.25) is 0 Å². The van der Waals surface area contributed by atoms with E-state index in [1.165, 1.54) is 24.8 Å². The maximum Gasteiger partial charge on any atom is 0.191 e. The summed E-state index contributed by atoms with van der Waals surface area (Å²) in [6.07, 6.45) is 4.95. The van der Waals surface area contributed by atoms with E-state index in [0.717, 1.165) is 64.1 Å². The molecule has 1 aliphatic carbocycles. The summed E-state index contributed by atoms with van der Waals surface area (Å²) in [4.78, 5) is 6.95. The largest absolute Gasteiger partial charge is 0.497 e. The van der Waals surface area contributed by atoms with Gasteiger partial charge in [-0.15, -0.1) is 24.0 Å². The SMILES string of the molecule is CN=C(NCC(c1ccc(OC)cc1)N1CCOCC1)NCC1(CCOC)CCC1.I. The summed E-state index contributed by atoms with van der Waals surface area (Å²) in [7, 11) is 5.33. The van der Waals surface area contributed by atoms with Gasteiger partial charge in [-0.05, 0) is 42.4 Å². The second-order valence-electron chi connectivity index (χ2n) is 8.34. The van der Waals surface area contributed by atoms with Gasteiger partial charge in [0, 0.05) is 46.9 Å². The molecule has 0 spiro atoms. The lowest BCUT2D eigenvalue weighted by molar-refractivity contribution is 0.0169. The summed E-state index contributed by atoms with van der Waals surface area (Å²) in [5, 5.41) is 7.13. The fraction of sp³-hybridized carbons (Fsp3) is 0.696. The van der Waals surface area contributed by atoms with E-state index in [9.17, 15) is 0 Å². The molecular weight excluding hydrogens is 507 g/mol. The maximum absolute atomic E-state index is 5.57. The fourth-order valence-corrected chi connectivity index (χ4v) is 4.37. The molecule has 31 heavy (non-hydrogen) atoms.